The Balaban J connectivity index is 0.00000441. The van der Waals surface area contributed by atoms with Crippen LogP contribution in [0.2, 0.25) is 0 Å². The van der Waals surface area contributed by atoms with Gasteiger partial charge in [-0.15, -0.1) is 12.4 Å². The zero-order valence-electron chi connectivity index (χ0n) is 13.7. The summed E-state index contributed by atoms with van der Waals surface area (Å²) < 4.78 is 0. The van der Waals surface area contributed by atoms with Gasteiger partial charge in [0.25, 0.3) is 0 Å². The lowest BCUT2D eigenvalue weighted by Crippen LogP contribution is -2.35. The summed E-state index contributed by atoms with van der Waals surface area (Å²) in [6, 6.07) is 4.05. The topological polar surface area (TPSA) is 75.4 Å². The molecule has 1 aromatic carbocycles. The Morgan fingerprint density at radius 3 is 2.23 bits per heavy atom. The molecule has 5 nitrogen and oxygen atoms in total. The number of nitrogens with one attached hydrogen (secondary N) is 1. The van der Waals surface area contributed by atoms with Crippen molar-refractivity contribution in [2.24, 2.45) is 5.73 Å². The molecule has 1 aromatic rings. The zero-order valence-corrected chi connectivity index (χ0v) is 14.5. The molecule has 6 heteroatoms. The fraction of sp³-hybridized carbons (Fsp3) is 0.500. The van der Waals surface area contributed by atoms with E-state index < -0.39 is 0 Å². The number of rotatable bonds is 6. The minimum Gasteiger partial charge on any atom is -0.336 e. The van der Waals surface area contributed by atoms with Gasteiger partial charge in [-0.05, 0) is 44.9 Å². The van der Waals surface area contributed by atoms with Crippen LogP contribution in [0.5, 0.6) is 0 Å². The number of aryl methyl sites for hydroxylation is 3. The third-order valence-corrected chi connectivity index (χ3v) is 3.34. The molecule has 0 aliphatic rings. The largest absolute Gasteiger partial charge is 0.336 e. The van der Waals surface area contributed by atoms with Crippen molar-refractivity contribution in [3.05, 3.63) is 28.8 Å². The molecular weight excluding hydrogens is 302 g/mol. The highest BCUT2D eigenvalue weighted by molar-refractivity contribution is 5.95. The molecule has 0 unspecified atom stereocenters. The maximum atomic E-state index is 12.1. The second kappa shape index (κ2) is 9.43. The summed E-state index contributed by atoms with van der Waals surface area (Å²) in [4.78, 5) is 25.3. The molecule has 0 aliphatic carbocycles. The monoisotopic (exact) mass is 327 g/mol. The fourth-order valence-electron chi connectivity index (χ4n) is 2.30. The van der Waals surface area contributed by atoms with Gasteiger partial charge in [0, 0.05) is 19.2 Å². The first kappa shape index (κ1) is 20.4. The number of anilines is 1. The number of likely N-dealkylation sites (N-methyl/N-ethyl adjacent to an activating group) is 1. The van der Waals surface area contributed by atoms with E-state index in [9.17, 15) is 9.59 Å². The molecule has 0 saturated heterocycles. The number of carbonyl (C=O) groups is 2. The van der Waals surface area contributed by atoms with Crippen LogP contribution in [-0.2, 0) is 9.59 Å². The molecule has 0 spiro atoms. The maximum absolute atomic E-state index is 12.1. The summed E-state index contributed by atoms with van der Waals surface area (Å²) in [7, 11) is 1.63. The van der Waals surface area contributed by atoms with Gasteiger partial charge >= 0.3 is 0 Å². The van der Waals surface area contributed by atoms with Gasteiger partial charge in [-0.2, -0.15) is 0 Å². The van der Waals surface area contributed by atoms with Gasteiger partial charge in [0.15, 0.2) is 0 Å². The van der Waals surface area contributed by atoms with E-state index in [1.807, 2.05) is 32.9 Å². The first-order chi connectivity index (χ1) is 9.85. The van der Waals surface area contributed by atoms with E-state index >= 15 is 0 Å². The second-order valence-corrected chi connectivity index (χ2v) is 5.46. The van der Waals surface area contributed by atoms with E-state index in [0.717, 1.165) is 22.4 Å². The van der Waals surface area contributed by atoms with Crippen molar-refractivity contribution in [2.75, 3.05) is 25.5 Å². The molecule has 2 amide bonds. The van der Waals surface area contributed by atoms with Crippen molar-refractivity contribution >= 4 is 29.9 Å². The third kappa shape index (κ3) is 6.03. The van der Waals surface area contributed by atoms with Crippen LogP contribution in [0.25, 0.3) is 0 Å². The summed E-state index contributed by atoms with van der Waals surface area (Å²) in [5.41, 5.74) is 9.42. The van der Waals surface area contributed by atoms with Crippen LogP contribution in [0.3, 0.4) is 0 Å². The fourth-order valence-corrected chi connectivity index (χ4v) is 2.30. The predicted molar refractivity (Wildman–Crippen MR) is 92.5 cm³/mol. The van der Waals surface area contributed by atoms with Gasteiger partial charge in [-0.25, -0.2) is 0 Å². The van der Waals surface area contributed by atoms with Crippen molar-refractivity contribution in [3.63, 3.8) is 0 Å². The van der Waals surface area contributed by atoms with Gasteiger partial charge in [0.2, 0.25) is 11.8 Å². The number of benzene rings is 1. The normalized spacial score (nSPS) is 9.86. The molecule has 124 valence electrons. The van der Waals surface area contributed by atoms with Crippen molar-refractivity contribution in [2.45, 2.75) is 33.6 Å². The highest BCUT2D eigenvalue weighted by Gasteiger charge is 2.14. The van der Waals surface area contributed by atoms with Crippen LogP contribution in [0.4, 0.5) is 5.69 Å². The molecule has 22 heavy (non-hydrogen) atoms. The van der Waals surface area contributed by atoms with Crippen LogP contribution in [0.1, 0.15) is 29.5 Å². The first-order valence-corrected chi connectivity index (χ1v) is 7.17. The Labute approximate surface area is 138 Å². The molecule has 0 aliphatic heterocycles. The van der Waals surface area contributed by atoms with E-state index in [1.54, 1.807) is 7.05 Å². The molecular formula is C16H26ClN3O2. The number of carbonyl (C=O) groups excluding carboxylic acids is 2. The minimum atomic E-state index is -0.186. The SMILES string of the molecule is Cc1cc(C)c(NC(=O)CN(C)C(=O)CCCN)c(C)c1.Cl. The molecule has 1 rings (SSSR count). The van der Waals surface area contributed by atoms with Crippen LogP contribution in [0.15, 0.2) is 12.1 Å². The molecule has 0 atom stereocenters. The van der Waals surface area contributed by atoms with Gasteiger partial charge in [-0.3, -0.25) is 9.59 Å². The highest BCUT2D eigenvalue weighted by atomic mass is 35.5. The Kier molecular flexibility index (Phi) is 8.75. The first-order valence-electron chi connectivity index (χ1n) is 7.17. The Hall–Kier alpha value is -1.59. The average molecular weight is 328 g/mol. The van der Waals surface area contributed by atoms with E-state index in [1.165, 1.54) is 4.90 Å². The van der Waals surface area contributed by atoms with Gasteiger partial charge in [0.05, 0.1) is 6.54 Å². The van der Waals surface area contributed by atoms with Gasteiger partial charge in [0.1, 0.15) is 0 Å². The van der Waals surface area contributed by atoms with Gasteiger partial charge < -0.3 is 16.0 Å². The van der Waals surface area contributed by atoms with Crippen molar-refractivity contribution in [1.82, 2.24) is 4.90 Å². The highest BCUT2D eigenvalue weighted by Crippen LogP contribution is 2.21. The Morgan fingerprint density at radius 2 is 1.73 bits per heavy atom. The van der Waals surface area contributed by atoms with Crippen LogP contribution < -0.4 is 11.1 Å². The molecule has 0 bridgehead atoms. The van der Waals surface area contributed by atoms with Crippen molar-refractivity contribution in [3.8, 4) is 0 Å². The molecule has 0 fully saturated rings. The second-order valence-electron chi connectivity index (χ2n) is 5.46. The number of amides is 2. The number of halogens is 1. The summed E-state index contributed by atoms with van der Waals surface area (Å²) in [6.07, 6.45) is 1.02. The summed E-state index contributed by atoms with van der Waals surface area (Å²) in [6.45, 7) is 6.48. The number of hydrogen-bond donors (Lipinski definition) is 2. The average Bonchev–Trinajstić information content (AvgIpc) is 2.39. The van der Waals surface area contributed by atoms with Crippen LogP contribution in [0, 0.1) is 20.8 Å². The molecule has 0 heterocycles. The molecule has 3 N–H and O–H groups in total. The number of hydrogen-bond acceptors (Lipinski definition) is 3. The quantitative estimate of drug-likeness (QED) is 0.840. The summed E-state index contributed by atoms with van der Waals surface area (Å²) in [5, 5.41) is 2.89. The van der Waals surface area contributed by atoms with Crippen molar-refractivity contribution in [1.29, 1.82) is 0 Å². The lowest BCUT2D eigenvalue weighted by Gasteiger charge is -2.18. The standard InChI is InChI=1S/C16H25N3O2.ClH/c1-11-8-12(2)16(13(3)9-11)18-14(20)10-19(4)15(21)6-5-7-17;/h8-9H,5-7,10,17H2,1-4H3,(H,18,20);1H. The van der Waals surface area contributed by atoms with Crippen LogP contribution >= 0.6 is 12.4 Å². The van der Waals surface area contributed by atoms with Gasteiger partial charge in [-0.1, -0.05) is 17.7 Å². The maximum Gasteiger partial charge on any atom is 0.243 e. The number of nitrogens with two attached hydrogens (primary N) is 1. The van der Waals surface area contributed by atoms with E-state index in [0.29, 0.717) is 19.4 Å². The van der Waals surface area contributed by atoms with Crippen molar-refractivity contribution < 1.29 is 9.59 Å². The molecule has 0 saturated carbocycles. The molecule has 0 radical (unpaired) electrons. The Morgan fingerprint density at radius 1 is 1.18 bits per heavy atom. The Bertz CT molecular complexity index is 509. The predicted octanol–water partition coefficient (Wildman–Crippen LogP) is 2.17. The smallest absolute Gasteiger partial charge is 0.243 e. The lowest BCUT2D eigenvalue weighted by atomic mass is 10.1. The molecule has 0 aromatic heterocycles. The number of nitrogens with zero attached hydrogens (tertiary/aromatic N) is 1. The minimum absolute atomic E-state index is 0. The van der Waals surface area contributed by atoms with E-state index in [2.05, 4.69) is 5.32 Å². The van der Waals surface area contributed by atoms with Crippen LogP contribution in [-0.4, -0.2) is 36.9 Å². The lowest BCUT2D eigenvalue weighted by molar-refractivity contribution is -0.133. The van der Waals surface area contributed by atoms with E-state index in [-0.39, 0.29) is 30.8 Å². The summed E-state index contributed by atoms with van der Waals surface area (Å²) in [5.74, 6) is -0.249. The summed E-state index contributed by atoms with van der Waals surface area (Å²) >= 11 is 0. The zero-order chi connectivity index (χ0) is 16.0. The third-order valence-electron chi connectivity index (χ3n) is 3.34. The van der Waals surface area contributed by atoms with E-state index in [4.69, 9.17) is 5.73 Å².